The molecule has 40 heavy (non-hydrogen) atoms. The molecule has 9 nitrogen and oxygen atoms in total. The van der Waals surface area contributed by atoms with Crippen molar-refractivity contribution in [3.8, 4) is 17.2 Å². The number of carbonyl (C=O) groups is 3. The van der Waals surface area contributed by atoms with Crippen LogP contribution in [0, 0.1) is 12.8 Å². The third-order valence-electron chi connectivity index (χ3n) is 7.99. The van der Waals surface area contributed by atoms with Crippen molar-refractivity contribution < 1.29 is 29.3 Å². The van der Waals surface area contributed by atoms with Crippen LogP contribution in [0.1, 0.15) is 74.4 Å². The minimum atomic E-state index is -1.57. The van der Waals surface area contributed by atoms with Crippen LogP contribution in [0.2, 0.25) is 0 Å². The van der Waals surface area contributed by atoms with Gasteiger partial charge in [0.15, 0.2) is 17.3 Å². The molecule has 2 aliphatic rings. The molecule has 208 valence electrons. The molecular weight excluding hydrogens is 510 g/mol. The predicted octanol–water partition coefficient (Wildman–Crippen LogP) is 4.83. The van der Waals surface area contributed by atoms with Gasteiger partial charge in [0.05, 0.1) is 28.2 Å². The number of rotatable bonds is 6. The Labute approximate surface area is 232 Å². The van der Waals surface area contributed by atoms with E-state index in [4.69, 9.17) is 9.72 Å². The van der Waals surface area contributed by atoms with E-state index in [0.717, 1.165) is 16.9 Å². The first kappa shape index (κ1) is 27.2. The third-order valence-corrected chi connectivity index (χ3v) is 7.99. The van der Waals surface area contributed by atoms with Crippen molar-refractivity contribution in [1.82, 2.24) is 14.9 Å². The fraction of sp³-hybridized carbons (Fsp3) is 0.355. The fourth-order valence-electron chi connectivity index (χ4n) is 5.87. The number of para-hydroxylation sites is 2. The maximum Gasteiger partial charge on any atom is 0.194 e. The van der Waals surface area contributed by atoms with Crippen molar-refractivity contribution in [3.05, 3.63) is 69.9 Å². The van der Waals surface area contributed by atoms with Crippen LogP contribution in [0.15, 0.2) is 47.4 Å². The largest absolute Gasteiger partial charge is 0.507 e. The number of carbonyl (C=O) groups excluding carboxylic acids is 3. The summed E-state index contributed by atoms with van der Waals surface area (Å²) in [5.41, 5.74) is 0.541. The van der Waals surface area contributed by atoms with Crippen molar-refractivity contribution in [1.29, 1.82) is 0 Å². The normalized spacial score (nSPS) is 20.2. The molecule has 0 spiro atoms. The zero-order valence-corrected chi connectivity index (χ0v) is 23.7. The number of phenolic OH excluding ortho intramolecular Hbond substituents is 2. The van der Waals surface area contributed by atoms with Gasteiger partial charge in [0.25, 0.3) is 0 Å². The van der Waals surface area contributed by atoms with Crippen LogP contribution < -0.4 is 10.1 Å². The maximum absolute atomic E-state index is 14.2. The summed E-state index contributed by atoms with van der Waals surface area (Å²) in [6, 6.07) is 7.51. The number of aromatic nitrogens is 2. The second-order valence-corrected chi connectivity index (χ2v) is 11.2. The molecule has 3 N–H and O–H groups in total. The Bertz CT molecular complexity index is 1690. The van der Waals surface area contributed by atoms with Crippen LogP contribution in [0.25, 0.3) is 11.0 Å². The first-order valence-corrected chi connectivity index (χ1v) is 13.3. The number of aromatic hydroxyl groups is 2. The Morgan fingerprint density at radius 3 is 2.45 bits per heavy atom. The second-order valence-electron chi connectivity index (χ2n) is 11.2. The highest BCUT2D eigenvalue weighted by Crippen LogP contribution is 2.57. The molecule has 0 unspecified atom stereocenters. The highest BCUT2D eigenvalue weighted by molar-refractivity contribution is 6.31. The van der Waals surface area contributed by atoms with Crippen molar-refractivity contribution in [2.24, 2.45) is 13.0 Å². The lowest BCUT2D eigenvalue weighted by Gasteiger charge is -2.30. The topological polar surface area (TPSA) is 131 Å². The second kappa shape index (κ2) is 9.36. The summed E-state index contributed by atoms with van der Waals surface area (Å²) in [4.78, 5) is 44.9. The molecule has 0 radical (unpaired) electrons. The first-order chi connectivity index (χ1) is 18.8. The highest BCUT2D eigenvalue weighted by Gasteiger charge is 2.56. The molecule has 1 aliphatic carbocycles. The van der Waals surface area contributed by atoms with Gasteiger partial charge >= 0.3 is 0 Å². The zero-order valence-electron chi connectivity index (χ0n) is 23.7. The number of hydrogen-bond donors (Lipinski definition) is 3. The molecular formula is C31H33N3O6. The van der Waals surface area contributed by atoms with Gasteiger partial charge in [-0.3, -0.25) is 14.4 Å². The summed E-state index contributed by atoms with van der Waals surface area (Å²) in [5.74, 6) is -1.42. The average Bonchev–Trinajstić information content (AvgIpc) is 3.37. The Kier molecular flexibility index (Phi) is 6.36. The number of aryl methyl sites for hydroxylation is 1. The van der Waals surface area contributed by atoms with E-state index in [-0.39, 0.29) is 51.5 Å². The Morgan fingerprint density at radius 2 is 1.82 bits per heavy atom. The quantitative estimate of drug-likeness (QED) is 0.229. The lowest BCUT2D eigenvalue weighted by Crippen LogP contribution is -2.41. The highest BCUT2D eigenvalue weighted by atomic mass is 16.5. The number of benzene rings is 2. The van der Waals surface area contributed by atoms with Crippen LogP contribution in [-0.4, -0.2) is 37.1 Å². The van der Waals surface area contributed by atoms with Gasteiger partial charge in [-0.15, -0.1) is 0 Å². The number of phenols is 2. The molecule has 9 heteroatoms. The number of nitrogens with one attached hydrogen (secondary N) is 1. The average molecular weight is 544 g/mol. The van der Waals surface area contributed by atoms with Gasteiger partial charge < -0.3 is 24.8 Å². The van der Waals surface area contributed by atoms with Gasteiger partial charge in [-0.25, -0.2) is 4.98 Å². The van der Waals surface area contributed by atoms with Gasteiger partial charge in [0, 0.05) is 24.4 Å². The summed E-state index contributed by atoms with van der Waals surface area (Å²) >= 11 is 0. The molecule has 0 amide bonds. The van der Waals surface area contributed by atoms with E-state index in [1.165, 1.54) is 19.9 Å². The Hall–Kier alpha value is -4.40. The Morgan fingerprint density at radius 1 is 1.15 bits per heavy atom. The lowest BCUT2D eigenvalue weighted by molar-refractivity contribution is -0.123. The van der Waals surface area contributed by atoms with Crippen LogP contribution >= 0.6 is 0 Å². The zero-order chi connectivity index (χ0) is 29.3. The van der Waals surface area contributed by atoms with Crippen molar-refractivity contribution in [3.63, 3.8) is 0 Å². The summed E-state index contributed by atoms with van der Waals surface area (Å²) in [6.45, 7) is 10.1. The van der Waals surface area contributed by atoms with E-state index in [9.17, 15) is 24.6 Å². The molecule has 0 saturated heterocycles. The van der Waals surface area contributed by atoms with E-state index in [2.05, 4.69) is 19.2 Å². The third kappa shape index (κ3) is 3.83. The molecule has 2 aromatic carbocycles. The fourth-order valence-corrected chi connectivity index (χ4v) is 5.87. The molecule has 0 fully saturated rings. The van der Waals surface area contributed by atoms with Crippen LogP contribution in [-0.2, 0) is 22.1 Å². The SMILES string of the molecule is CC(=O)c1c(O)c(C)c(O)c2c1OC1=CC(=O)/C(=C(/C)N[C@H](CC(C)C)c3nc4ccccc4n3C)C(=O)[C@]12C. The molecule has 0 saturated carbocycles. The number of allylic oxidation sites excluding steroid dienone is 4. The number of ketones is 3. The summed E-state index contributed by atoms with van der Waals surface area (Å²) in [5, 5.41) is 25.0. The molecule has 2 atom stereocenters. The summed E-state index contributed by atoms with van der Waals surface area (Å²) in [7, 11) is 1.94. The molecule has 5 rings (SSSR count). The minimum Gasteiger partial charge on any atom is -0.507 e. The van der Waals surface area contributed by atoms with Crippen molar-refractivity contribution in [2.45, 2.75) is 59.4 Å². The number of imidazole rings is 1. The maximum atomic E-state index is 14.2. The van der Waals surface area contributed by atoms with Crippen molar-refractivity contribution in [2.75, 3.05) is 0 Å². The van der Waals surface area contributed by atoms with E-state index in [1.54, 1.807) is 13.8 Å². The predicted molar refractivity (Wildman–Crippen MR) is 149 cm³/mol. The number of nitrogens with zero attached hydrogens (tertiary/aromatic N) is 2. The smallest absolute Gasteiger partial charge is 0.194 e. The number of fused-ring (bicyclic) bond motifs is 4. The van der Waals surface area contributed by atoms with E-state index in [0.29, 0.717) is 12.1 Å². The summed E-state index contributed by atoms with van der Waals surface area (Å²) in [6.07, 6.45) is 1.92. The molecule has 0 bridgehead atoms. The standard InChI is InChI=1S/C31H33N3O6/c1-14(2)12-19(30-33-18-10-8-9-11-20(18)34(30)7)32-16(4)23-21(36)13-22-31(6,29(23)39)25-27(38)15(3)26(37)24(17(5)35)28(25)40-22/h8-11,13-14,19,32,37-38H,12H2,1-7H3/b23-16+/t19-,31-/m1/s1. The number of ether oxygens (including phenoxy) is 1. The molecule has 1 aromatic heterocycles. The van der Waals surface area contributed by atoms with E-state index < -0.39 is 28.5 Å². The molecule has 1 aliphatic heterocycles. The van der Waals surface area contributed by atoms with Crippen molar-refractivity contribution >= 4 is 28.4 Å². The Balaban J connectivity index is 1.63. The van der Waals surface area contributed by atoms with Crippen LogP contribution in [0.4, 0.5) is 0 Å². The molecule has 3 aromatic rings. The number of Topliss-reactive ketones (excluding diaryl/α,β-unsaturated/α-hetero) is 2. The van der Waals surface area contributed by atoms with E-state index >= 15 is 0 Å². The summed E-state index contributed by atoms with van der Waals surface area (Å²) < 4.78 is 7.88. The lowest BCUT2D eigenvalue weighted by atomic mass is 9.70. The monoisotopic (exact) mass is 543 g/mol. The van der Waals surface area contributed by atoms with E-state index in [1.807, 2.05) is 35.9 Å². The first-order valence-electron chi connectivity index (χ1n) is 13.3. The molecule has 2 heterocycles. The van der Waals surface area contributed by atoms with Gasteiger partial charge in [-0.2, -0.15) is 0 Å². The minimum absolute atomic E-state index is 0.00549. The number of hydrogen-bond acceptors (Lipinski definition) is 8. The van der Waals surface area contributed by atoms with Crippen LogP contribution in [0.3, 0.4) is 0 Å². The van der Waals surface area contributed by atoms with Gasteiger partial charge in [-0.1, -0.05) is 26.0 Å². The van der Waals surface area contributed by atoms with Gasteiger partial charge in [-0.05, 0) is 52.2 Å². The van der Waals surface area contributed by atoms with Gasteiger partial charge in [0.1, 0.15) is 39.8 Å². The van der Waals surface area contributed by atoms with Gasteiger partial charge in [0.2, 0.25) is 0 Å². The van der Waals surface area contributed by atoms with Crippen LogP contribution in [0.5, 0.6) is 17.2 Å².